The van der Waals surface area contributed by atoms with Crippen LogP contribution in [0.3, 0.4) is 0 Å². The summed E-state index contributed by atoms with van der Waals surface area (Å²) in [5, 5.41) is 3.21. The van der Waals surface area contributed by atoms with Crippen molar-refractivity contribution < 1.29 is 9.53 Å². The Labute approximate surface area is 136 Å². The summed E-state index contributed by atoms with van der Waals surface area (Å²) in [5.41, 5.74) is 0.442. The van der Waals surface area contributed by atoms with Gasteiger partial charge in [0, 0.05) is 23.2 Å². The number of thioether (sulfide) groups is 1. The summed E-state index contributed by atoms with van der Waals surface area (Å²) in [5.74, 6) is 1.05. The number of hydrogen-bond acceptors (Lipinski definition) is 4. The average Bonchev–Trinajstić information content (AvgIpc) is 2.35. The molecule has 0 saturated carbocycles. The van der Waals surface area contributed by atoms with Gasteiger partial charge in [0.05, 0.1) is 11.7 Å². The molecule has 0 aliphatic heterocycles. The zero-order chi connectivity index (χ0) is 16.0. The lowest BCUT2D eigenvalue weighted by Gasteiger charge is -2.17. The van der Waals surface area contributed by atoms with Gasteiger partial charge >= 0.3 is 0 Å². The summed E-state index contributed by atoms with van der Waals surface area (Å²) in [6.45, 7) is 10.9. The molecule has 1 rings (SSSR count). The van der Waals surface area contributed by atoms with Crippen LogP contribution in [0.2, 0.25) is 5.02 Å². The molecule has 6 heteroatoms. The van der Waals surface area contributed by atoms with E-state index >= 15 is 0 Å². The van der Waals surface area contributed by atoms with Crippen molar-refractivity contribution in [3.05, 3.63) is 22.8 Å². The molecular weight excluding hydrogens is 308 g/mol. The predicted molar refractivity (Wildman–Crippen MR) is 89.6 cm³/mol. The Morgan fingerprint density at radius 2 is 2.14 bits per heavy atom. The minimum Gasteiger partial charge on any atom is -0.474 e. The first-order valence-corrected chi connectivity index (χ1v) is 8.30. The molecule has 0 radical (unpaired) electrons. The van der Waals surface area contributed by atoms with Crippen molar-refractivity contribution in [1.82, 2.24) is 10.3 Å². The highest BCUT2D eigenvalue weighted by Gasteiger charge is 2.13. The average molecular weight is 331 g/mol. The SMILES string of the molecule is CC(C)Oc1ncc(C(=O)NCCSC(C)(C)C)cc1Cl. The van der Waals surface area contributed by atoms with Crippen LogP contribution in [-0.2, 0) is 0 Å². The van der Waals surface area contributed by atoms with Gasteiger partial charge in [0.15, 0.2) is 0 Å². The van der Waals surface area contributed by atoms with E-state index in [9.17, 15) is 4.79 Å². The van der Waals surface area contributed by atoms with Gasteiger partial charge in [-0.3, -0.25) is 4.79 Å². The number of nitrogens with one attached hydrogen (secondary N) is 1. The minimum atomic E-state index is -0.171. The molecule has 0 fully saturated rings. The van der Waals surface area contributed by atoms with Gasteiger partial charge in [0.1, 0.15) is 5.02 Å². The standard InChI is InChI=1S/C15H23ClN2O2S/c1-10(2)20-14-12(16)8-11(9-18-14)13(19)17-6-7-21-15(3,4)5/h8-10H,6-7H2,1-5H3,(H,17,19). The van der Waals surface area contributed by atoms with Gasteiger partial charge in [0.2, 0.25) is 5.88 Å². The van der Waals surface area contributed by atoms with Gasteiger partial charge in [-0.05, 0) is 19.9 Å². The predicted octanol–water partition coefficient (Wildman–Crippen LogP) is 3.78. The summed E-state index contributed by atoms with van der Waals surface area (Å²) >= 11 is 7.87. The number of amides is 1. The number of carbonyl (C=O) groups excluding carboxylic acids is 1. The van der Waals surface area contributed by atoms with Gasteiger partial charge in [-0.1, -0.05) is 32.4 Å². The summed E-state index contributed by atoms with van der Waals surface area (Å²) < 4.78 is 5.64. The maximum absolute atomic E-state index is 12.0. The normalized spacial score (nSPS) is 11.6. The molecule has 1 N–H and O–H groups in total. The molecule has 4 nitrogen and oxygen atoms in total. The highest BCUT2D eigenvalue weighted by Crippen LogP contribution is 2.24. The monoisotopic (exact) mass is 330 g/mol. The van der Waals surface area contributed by atoms with Crippen LogP contribution in [0.1, 0.15) is 45.0 Å². The molecule has 0 aliphatic carbocycles. The summed E-state index contributed by atoms with van der Waals surface area (Å²) in [7, 11) is 0. The molecule has 0 spiro atoms. The maximum atomic E-state index is 12.0. The molecular formula is C15H23ClN2O2S. The molecule has 1 aromatic rings. The second kappa shape index (κ2) is 7.90. The van der Waals surface area contributed by atoms with Crippen LogP contribution in [0.4, 0.5) is 0 Å². The van der Waals surface area contributed by atoms with Crippen molar-refractivity contribution in [2.45, 2.75) is 45.5 Å². The highest BCUT2D eigenvalue weighted by molar-refractivity contribution is 8.00. The Bertz CT molecular complexity index is 487. The van der Waals surface area contributed by atoms with Crippen LogP contribution < -0.4 is 10.1 Å². The molecule has 0 aromatic carbocycles. The first kappa shape index (κ1) is 18.1. The van der Waals surface area contributed by atoms with E-state index in [2.05, 4.69) is 31.1 Å². The molecule has 1 heterocycles. The molecule has 21 heavy (non-hydrogen) atoms. The smallest absolute Gasteiger partial charge is 0.252 e. The lowest BCUT2D eigenvalue weighted by molar-refractivity contribution is 0.0955. The van der Waals surface area contributed by atoms with Crippen molar-refractivity contribution in [2.24, 2.45) is 0 Å². The van der Waals surface area contributed by atoms with Crippen LogP contribution >= 0.6 is 23.4 Å². The number of ether oxygens (including phenoxy) is 1. The number of carbonyl (C=O) groups is 1. The van der Waals surface area contributed by atoms with E-state index in [1.54, 1.807) is 17.8 Å². The fraction of sp³-hybridized carbons (Fsp3) is 0.600. The van der Waals surface area contributed by atoms with Gasteiger partial charge in [0.25, 0.3) is 5.91 Å². The molecule has 118 valence electrons. The van der Waals surface area contributed by atoms with Crippen LogP contribution in [0.5, 0.6) is 5.88 Å². The van der Waals surface area contributed by atoms with Crippen LogP contribution in [0.25, 0.3) is 0 Å². The molecule has 0 aliphatic rings. The molecule has 0 unspecified atom stereocenters. The van der Waals surface area contributed by atoms with Crippen LogP contribution in [-0.4, -0.2) is 34.0 Å². The Morgan fingerprint density at radius 3 is 2.67 bits per heavy atom. The van der Waals surface area contributed by atoms with E-state index in [-0.39, 0.29) is 16.8 Å². The van der Waals surface area contributed by atoms with Crippen LogP contribution in [0.15, 0.2) is 12.3 Å². The fourth-order valence-electron chi connectivity index (χ4n) is 1.48. The number of hydrogen-bond donors (Lipinski definition) is 1. The zero-order valence-electron chi connectivity index (χ0n) is 13.2. The zero-order valence-corrected chi connectivity index (χ0v) is 14.8. The maximum Gasteiger partial charge on any atom is 0.252 e. The van der Waals surface area contributed by atoms with Crippen molar-refractivity contribution >= 4 is 29.3 Å². The first-order valence-electron chi connectivity index (χ1n) is 6.93. The molecule has 1 aromatic heterocycles. The van der Waals surface area contributed by atoms with E-state index in [1.165, 1.54) is 6.20 Å². The number of halogens is 1. The van der Waals surface area contributed by atoms with Crippen molar-refractivity contribution in [2.75, 3.05) is 12.3 Å². The van der Waals surface area contributed by atoms with E-state index < -0.39 is 0 Å². The number of nitrogens with zero attached hydrogens (tertiary/aromatic N) is 1. The summed E-state index contributed by atoms with van der Waals surface area (Å²) in [6.07, 6.45) is 1.47. The fourth-order valence-corrected chi connectivity index (χ4v) is 2.51. The number of pyridine rings is 1. The lowest BCUT2D eigenvalue weighted by Crippen LogP contribution is -2.27. The Morgan fingerprint density at radius 1 is 1.48 bits per heavy atom. The Hall–Kier alpha value is -0.940. The summed E-state index contributed by atoms with van der Waals surface area (Å²) in [4.78, 5) is 16.1. The lowest BCUT2D eigenvalue weighted by atomic mass is 10.2. The van der Waals surface area contributed by atoms with E-state index in [1.807, 2.05) is 13.8 Å². The number of rotatable bonds is 6. The molecule has 0 saturated heterocycles. The third-order valence-electron chi connectivity index (χ3n) is 2.34. The summed E-state index contributed by atoms with van der Waals surface area (Å²) in [6, 6.07) is 1.58. The van der Waals surface area contributed by atoms with Gasteiger partial charge < -0.3 is 10.1 Å². The molecule has 1 amide bonds. The second-order valence-corrected chi connectivity index (χ2v) is 8.22. The Kier molecular flexibility index (Phi) is 6.81. The third kappa shape index (κ3) is 7.05. The third-order valence-corrected chi connectivity index (χ3v) is 3.88. The largest absolute Gasteiger partial charge is 0.474 e. The Balaban J connectivity index is 2.53. The van der Waals surface area contributed by atoms with Crippen molar-refractivity contribution in [3.63, 3.8) is 0 Å². The topological polar surface area (TPSA) is 51.2 Å². The van der Waals surface area contributed by atoms with Gasteiger partial charge in [-0.25, -0.2) is 4.98 Å². The van der Waals surface area contributed by atoms with E-state index in [4.69, 9.17) is 16.3 Å². The minimum absolute atomic E-state index is 0.0101. The quantitative estimate of drug-likeness (QED) is 0.806. The highest BCUT2D eigenvalue weighted by atomic mass is 35.5. The van der Waals surface area contributed by atoms with Gasteiger partial charge in [-0.2, -0.15) is 11.8 Å². The molecule has 0 atom stereocenters. The van der Waals surface area contributed by atoms with Crippen molar-refractivity contribution in [1.29, 1.82) is 0 Å². The first-order chi connectivity index (χ1) is 9.69. The molecule has 0 bridgehead atoms. The van der Waals surface area contributed by atoms with Gasteiger partial charge in [-0.15, -0.1) is 0 Å². The number of aromatic nitrogens is 1. The van der Waals surface area contributed by atoms with E-state index in [0.29, 0.717) is 23.0 Å². The van der Waals surface area contributed by atoms with Crippen molar-refractivity contribution in [3.8, 4) is 5.88 Å². The van der Waals surface area contributed by atoms with E-state index in [0.717, 1.165) is 5.75 Å². The van der Waals surface area contributed by atoms with Crippen LogP contribution in [0, 0.1) is 0 Å². The second-order valence-electron chi connectivity index (χ2n) is 5.89.